The van der Waals surface area contributed by atoms with Crippen LogP contribution < -0.4 is 15.4 Å². The normalized spacial score (nSPS) is 21.9. The van der Waals surface area contributed by atoms with Gasteiger partial charge in [0.1, 0.15) is 16.2 Å². The zero-order chi connectivity index (χ0) is 27.8. The molecule has 0 aliphatic carbocycles. The largest absolute Gasteiger partial charge is 0.493 e. The number of anilines is 2. The second kappa shape index (κ2) is 10.3. The zero-order valence-electron chi connectivity index (χ0n) is 20.6. The second-order valence-corrected chi connectivity index (χ2v) is 11.3. The van der Waals surface area contributed by atoms with E-state index in [4.69, 9.17) is 9.47 Å². The van der Waals surface area contributed by atoms with Crippen LogP contribution in [0.3, 0.4) is 0 Å². The van der Waals surface area contributed by atoms with E-state index in [2.05, 4.69) is 15.6 Å². The third kappa shape index (κ3) is 6.43. The molecule has 3 unspecified atom stereocenters. The summed E-state index contributed by atoms with van der Waals surface area (Å²) in [5, 5.41) is 3.62. The van der Waals surface area contributed by atoms with Gasteiger partial charge in [-0.1, -0.05) is 6.07 Å². The molecule has 3 atom stereocenters. The van der Waals surface area contributed by atoms with Crippen LogP contribution in [0.2, 0.25) is 0 Å². The maximum Gasteiger partial charge on any atom is 0.413 e. The molecular weight excluding hydrogens is 521 g/mol. The highest BCUT2D eigenvalue weighted by atomic mass is 32.2. The van der Waals surface area contributed by atoms with Crippen LogP contribution in [0.1, 0.15) is 45.6 Å². The van der Waals surface area contributed by atoms with Gasteiger partial charge in [0.15, 0.2) is 11.6 Å². The van der Waals surface area contributed by atoms with Crippen molar-refractivity contribution >= 4 is 35.3 Å². The second-order valence-electron chi connectivity index (χ2n) is 9.61. The molecule has 37 heavy (non-hydrogen) atoms. The van der Waals surface area contributed by atoms with Gasteiger partial charge in [-0.2, -0.15) is 17.6 Å². The Morgan fingerprint density at radius 1 is 1.11 bits per heavy atom. The van der Waals surface area contributed by atoms with Crippen LogP contribution in [-0.4, -0.2) is 45.9 Å². The van der Waals surface area contributed by atoms with Gasteiger partial charge in [-0.25, -0.2) is 14.2 Å². The molecule has 13 heteroatoms. The highest BCUT2D eigenvalue weighted by Gasteiger charge is 2.60. The summed E-state index contributed by atoms with van der Waals surface area (Å²) in [6.45, 7) is 6.02. The summed E-state index contributed by atoms with van der Waals surface area (Å²) in [5.74, 6) is -4.92. The number of thioether (sulfide) groups is 1. The number of aromatic nitrogens is 1. The number of nitrogens with one attached hydrogen (secondary N) is 2. The first kappa shape index (κ1) is 28.5. The van der Waals surface area contributed by atoms with Gasteiger partial charge in [0.25, 0.3) is 0 Å². The molecule has 1 saturated heterocycles. The lowest BCUT2D eigenvalue weighted by atomic mass is 9.85. The van der Waals surface area contributed by atoms with E-state index < -0.39 is 63.5 Å². The van der Waals surface area contributed by atoms with Crippen LogP contribution in [0.15, 0.2) is 30.5 Å². The van der Waals surface area contributed by atoms with Crippen LogP contribution >= 0.6 is 11.8 Å². The number of benzene rings is 1. The Bertz CT molecular complexity index is 1170. The van der Waals surface area contributed by atoms with E-state index in [-0.39, 0.29) is 17.1 Å². The summed E-state index contributed by atoms with van der Waals surface area (Å²) in [4.78, 5) is 29.0. The molecule has 0 saturated carbocycles. The van der Waals surface area contributed by atoms with Crippen molar-refractivity contribution in [3.8, 4) is 5.75 Å². The summed E-state index contributed by atoms with van der Waals surface area (Å²) in [6.07, 6.45) is -4.76. The van der Waals surface area contributed by atoms with Crippen molar-refractivity contribution in [1.82, 2.24) is 4.98 Å². The minimum Gasteiger partial charge on any atom is -0.493 e. The molecular formula is C24H26F5N3O4S. The van der Waals surface area contributed by atoms with E-state index in [9.17, 15) is 31.5 Å². The first-order valence-corrected chi connectivity index (χ1v) is 12.0. The Balaban J connectivity index is 1.84. The molecule has 2 N–H and O–H groups in total. The average Bonchev–Trinajstić information content (AvgIpc) is 3.14. The van der Waals surface area contributed by atoms with Gasteiger partial charge in [-0.3, -0.25) is 10.1 Å². The molecule has 0 spiro atoms. The van der Waals surface area contributed by atoms with E-state index >= 15 is 0 Å². The fraction of sp³-hybridized carbons (Fsp3) is 0.458. The van der Waals surface area contributed by atoms with Crippen molar-refractivity contribution < 1.29 is 41.0 Å². The Hall–Kier alpha value is -3.09. The summed E-state index contributed by atoms with van der Waals surface area (Å²) in [5.41, 5.74) is -0.622. The molecule has 1 aliphatic heterocycles. The van der Waals surface area contributed by atoms with Crippen LogP contribution in [0.5, 0.6) is 5.75 Å². The van der Waals surface area contributed by atoms with Gasteiger partial charge >= 0.3 is 12.3 Å². The van der Waals surface area contributed by atoms with E-state index in [0.717, 1.165) is 26.2 Å². The summed E-state index contributed by atoms with van der Waals surface area (Å²) in [6, 6.07) is 4.68. The maximum absolute atomic E-state index is 14.4. The minimum absolute atomic E-state index is 0.0444. The Labute approximate surface area is 214 Å². The molecule has 2 amide bonds. The number of hydrogen-bond acceptors (Lipinski definition) is 6. The maximum atomic E-state index is 14.4. The Kier molecular flexibility index (Phi) is 7.96. The molecule has 0 bridgehead atoms. The number of nitrogens with zero attached hydrogens (tertiary/aromatic N) is 1. The van der Waals surface area contributed by atoms with E-state index in [1.807, 2.05) is 0 Å². The quantitative estimate of drug-likeness (QED) is 0.430. The highest BCUT2D eigenvalue weighted by Crippen LogP contribution is 2.59. The van der Waals surface area contributed by atoms with Crippen LogP contribution in [0.4, 0.5) is 38.3 Å². The van der Waals surface area contributed by atoms with Gasteiger partial charge < -0.3 is 14.8 Å². The molecule has 2 heterocycles. The van der Waals surface area contributed by atoms with Gasteiger partial charge in [0.05, 0.1) is 24.2 Å². The van der Waals surface area contributed by atoms with Crippen molar-refractivity contribution in [3.63, 3.8) is 0 Å². The summed E-state index contributed by atoms with van der Waals surface area (Å²) >= 11 is 0.394. The molecule has 1 aliphatic rings. The third-order valence-electron chi connectivity index (χ3n) is 5.56. The van der Waals surface area contributed by atoms with Crippen molar-refractivity contribution in [1.29, 1.82) is 0 Å². The molecule has 1 aromatic carbocycles. The Morgan fingerprint density at radius 3 is 2.32 bits per heavy atom. The molecule has 2 aromatic rings. The minimum atomic E-state index is -4.67. The molecule has 7 nitrogen and oxygen atoms in total. The van der Waals surface area contributed by atoms with Crippen molar-refractivity contribution in [2.45, 2.75) is 61.8 Å². The number of pyridine rings is 1. The van der Waals surface area contributed by atoms with E-state index in [1.54, 1.807) is 20.8 Å². The van der Waals surface area contributed by atoms with Gasteiger partial charge in [0, 0.05) is 11.5 Å². The number of carbonyl (C=O) groups is 2. The number of methoxy groups -OCH3 is 1. The lowest BCUT2D eigenvalue weighted by Crippen LogP contribution is -2.37. The number of alkyl halides is 3. The number of halogens is 5. The fourth-order valence-corrected chi connectivity index (χ4v) is 5.38. The number of rotatable bonds is 5. The zero-order valence-corrected chi connectivity index (χ0v) is 21.4. The van der Waals surface area contributed by atoms with Gasteiger partial charge in [0.2, 0.25) is 11.7 Å². The first-order valence-electron chi connectivity index (χ1n) is 11.1. The highest BCUT2D eigenvalue weighted by molar-refractivity contribution is 8.02. The lowest BCUT2D eigenvalue weighted by molar-refractivity contribution is -0.155. The van der Waals surface area contributed by atoms with Crippen LogP contribution in [0.25, 0.3) is 0 Å². The van der Waals surface area contributed by atoms with Crippen molar-refractivity contribution in [2.24, 2.45) is 0 Å². The first-order chi connectivity index (χ1) is 17.0. The van der Waals surface area contributed by atoms with Crippen LogP contribution in [0, 0.1) is 11.6 Å². The van der Waals surface area contributed by atoms with Gasteiger partial charge in [-0.05, 0) is 52.3 Å². The molecule has 1 aromatic heterocycles. The predicted octanol–water partition coefficient (Wildman–Crippen LogP) is 6.26. The standard InChI is InChI=1S/C24H26F5N3O4S/c1-22(2,3)36-21(34)32-16-9-6-12(11-30-16)31-20(33)19-14(10-23(4,37-19)24(27,28)29)13-7-8-15(25)17(26)18(13)35-5/h6-9,11,14,19H,10H2,1-5H3,(H,31,33)(H,30,32,34). The van der Waals surface area contributed by atoms with Crippen LogP contribution in [-0.2, 0) is 9.53 Å². The molecule has 3 rings (SSSR count). The van der Waals surface area contributed by atoms with E-state index in [0.29, 0.717) is 11.8 Å². The Morgan fingerprint density at radius 2 is 1.78 bits per heavy atom. The van der Waals surface area contributed by atoms with Crippen molar-refractivity contribution in [3.05, 3.63) is 47.7 Å². The smallest absolute Gasteiger partial charge is 0.413 e. The molecule has 0 radical (unpaired) electrons. The number of ether oxygens (including phenoxy) is 2. The predicted molar refractivity (Wildman–Crippen MR) is 129 cm³/mol. The topological polar surface area (TPSA) is 89.6 Å². The lowest BCUT2D eigenvalue weighted by Gasteiger charge is -2.26. The van der Waals surface area contributed by atoms with E-state index in [1.165, 1.54) is 18.3 Å². The molecule has 1 fully saturated rings. The molecule has 202 valence electrons. The SMILES string of the molecule is COc1c(C2CC(C)(C(F)(F)F)SC2C(=O)Nc2ccc(NC(=O)OC(C)(C)C)nc2)ccc(F)c1F. The number of hydrogen-bond donors (Lipinski definition) is 2. The number of amides is 2. The van der Waals surface area contributed by atoms with Crippen molar-refractivity contribution in [2.75, 3.05) is 17.7 Å². The summed E-state index contributed by atoms with van der Waals surface area (Å²) < 4.78 is 77.6. The number of carbonyl (C=O) groups excluding carboxylic acids is 2. The monoisotopic (exact) mass is 547 g/mol. The summed E-state index contributed by atoms with van der Waals surface area (Å²) in [7, 11) is 1.07. The fourth-order valence-electron chi connectivity index (χ4n) is 3.84. The average molecular weight is 548 g/mol. The van der Waals surface area contributed by atoms with Gasteiger partial charge in [-0.15, -0.1) is 11.8 Å². The third-order valence-corrected chi connectivity index (χ3v) is 7.28.